The van der Waals surface area contributed by atoms with E-state index in [4.69, 9.17) is 0 Å². The topological polar surface area (TPSA) is 12.0 Å². The van der Waals surface area contributed by atoms with Crippen molar-refractivity contribution >= 4 is 15.9 Å². The van der Waals surface area contributed by atoms with Gasteiger partial charge in [-0.15, -0.1) is 0 Å². The third-order valence-electron chi connectivity index (χ3n) is 3.50. The van der Waals surface area contributed by atoms with Gasteiger partial charge in [0.25, 0.3) is 0 Å². The van der Waals surface area contributed by atoms with Crippen LogP contribution < -0.4 is 5.32 Å². The van der Waals surface area contributed by atoms with E-state index in [9.17, 15) is 0 Å². The third kappa shape index (κ3) is 3.68. The molecule has 0 spiro atoms. The van der Waals surface area contributed by atoms with E-state index < -0.39 is 0 Å². The Morgan fingerprint density at radius 1 is 1.05 bits per heavy atom. The summed E-state index contributed by atoms with van der Waals surface area (Å²) in [6.07, 6.45) is 0. The molecule has 0 aliphatic heterocycles. The molecule has 0 amide bonds. The van der Waals surface area contributed by atoms with Crippen molar-refractivity contribution in [3.8, 4) is 0 Å². The summed E-state index contributed by atoms with van der Waals surface area (Å²) < 4.78 is 1.18. The van der Waals surface area contributed by atoms with Gasteiger partial charge < -0.3 is 5.32 Å². The van der Waals surface area contributed by atoms with E-state index in [-0.39, 0.29) is 0 Å². The fraction of sp³-hybridized carbons (Fsp3) is 0.294. The van der Waals surface area contributed by atoms with E-state index in [0.717, 1.165) is 6.54 Å². The van der Waals surface area contributed by atoms with Crippen LogP contribution in [0.4, 0.5) is 0 Å². The van der Waals surface area contributed by atoms with Gasteiger partial charge in [-0.1, -0.05) is 52.3 Å². The molecule has 0 unspecified atom stereocenters. The van der Waals surface area contributed by atoms with Crippen LogP contribution in [0.25, 0.3) is 0 Å². The highest BCUT2D eigenvalue weighted by Gasteiger charge is 2.07. The van der Waals surface area contributed by atoms with E-state index in [2.05, 4.69) is 84.5 Å². The minimum atomic E-state index is 0.362. The summed E-state index contributed by atoms with van der Waals surface area (Å²) in [6.45, 7) is 7.37. The Morgan fingerprint density at radius 2 is 1.79 bits per heavy atom. The molecule has 1 nitrogen and oxygen atoms in total. The van der Waals surface area contributed by atoms with Crippen molar-refractivity contribution in [3.63, 3.8) is 0 Å². The van der Waals surface area contributed by atoms with Crippen LogP contribution in [-0.2, 0) is 6.54 Å². The molecule has 19 heavy (non-hydrogen) atoms. The lowest BCUT2D eigenvalue weighted by Gasteiger charge is -2.17. The minimum Gasteiger partial charge on any atom is -0.306 e. The van der Waals surface area contributed by atoms with Gasteiger partial charge in [0, 0.05) is 17.1 Å². The Kier molecular flexibility index (Phi) is 4.78. The number of hydrogen-bond donors (Lipinski definition) is 1. The average molecular weight is 318 g/mol. The van der Waals surface area contributed by atoms with E-state index in [1.807, 2.05) is 0 Å². The number of halogens is 1. The summed E-state index contributed by atoms with van der Waals surface area (Å²) in [5.41, 5.74) is 5.29. The molecule has 0 bridgehead atoms. The molecule has 1 atom stereocenters. The lowest BCUT2D eigenvalue weighted by molar-refractivity contribution is 0.572. The highest BCUT2D eigenvalue weighted by atomic mass is 79.9. The maximum atomic E-state index is 3.58. The predicted molar refractivity (Wildman–Crippen MR) is 85.3 cm³/mol. The molecule has 0 aromatic heterocycles. The molecule has 0 heterocycles. The van der Waals surface area contributed by atoms with E-state index in [1.165, 1.54) is 26.7 Å². The third-order valence-corrected chi connectivity index (χ3v) is 4.36. The van der Waals surface area contributed by atoms with Crippen LogP contribution in [0, 0.1) is 13.8 Å². The van der Waals surface area contributed by atoms with E-state index in [1.54, 1.807) is 0 Å². The quantitative estimate of drug-likeness (QED) is 0.844. The number of rotatable bonds is 4. The molecule has 0 radical (unpaired) electrons. The molecule has 2 rings (SSSR count). The highest BCUT2D eigenvalue weighted by Crippen LogP contribution is 2.20. The Hall–Kier alpha value is -1.12. The zero-order valence-corrected chi connectivity index (χ0v) is 13.3. The average Bonchev–Trinajstić information content (AvgIpc) is 2.40. The van der Waals surface area contributed by atoms with Crippen LogP contribution in [0.5, 0.6) is 0 Å². The smallest absolute Gasteiger partial charge is 0.0297 e. The summed E-state index contributed by atoms with van der Waals surface area (Å²) in [7, 11) is 0. The molecular weight excluding hydrogens is 298 g/mol. The molecule has 1 N–H and O–H groups in total. The summed E-state index contributed by atoms with van der Waals surface area (Å²) >= 11 is 3.58. The number of nitrogens with one attached hydrogen (secondary N) is 1. The largest absolute Gasteiger partial charge is 0.306 e. The second-order valence-electron chi connectivity index (χ2n) is 5.04. The summed E-state index contributed by atoms with van der Waals surface area (Å²) in [4.78, 5) is 0. The molecule has 2 aromatic rings. The highest BCUT2D eigenvalue weighted by molar-refractivity contribution is 9.10. The monoisotopic (exact) mass is 317 g/mol. The molecule has 0 fully saturated rings. The fourth-order valence-corrected chi connectivity index (χ4v) is 2.63. The molecule has 2 heteroatoms. The second kappa shape index (κ2) is 6.36. The lowest BCUT2D eigenvalue weighted by Crippen LogP contribution is -2.18. The Bertz CT molecular complexity index is 563. The van der Waals surface area contributed by atoms with Crippen molar-refractivity contribution in [2.75, 3.05) is 0 Å². The molecule has 100 valence electrons. The van der Waals surface area contributed by atoms with Crippen LogP contribution in [0.2, 0.25) is 0 Å². The first-order chi connectivity index (χ1) is 9.08. The lowest BCUT2D eigenvalue weighted by atomic mass is 10.0. The Balaban J connectivity index is 2.02. The van der Waals surface area contributed by atoms with Crippen LogP contribution >= 0.6 is 15.9 Å². The summed E-state index contributed by atoms with van der Waals surface area (Å²) in [5, 5.41) is 3.58. The standard InChI is InChI=1S/C17H20BrN/c1-12-6-4-5-7-16(12)14(3)19-11-15-9-8-13(2)17(18)10-15/h4-10,14,19H,11H2,1-3H3/t14-/m1/s1. The molecule has 0 aliphatic rings. The van der Waals surface area contributed by atoms with Gasteiger partial charge >= 0.3 is 0 Å². The minimum absolute atomic E-state index is 0.362. The van der Waals surface area contributed by atoms with Gasteiger partial charge in [0.15, 0.2) is 0 Å². The van der Waals surface area contributed by atoms with Gasteiger partial charge in [-0.3, -0.25) is 0 Å². The van der Waals surface area contributed by atoms with Crippen molar-refractivity contribution in [2.24, 2.45) is 0 Å². The SMILES string of the molecule is Cc1ccc(CN[C@H](C)c2ccccc2C)cc1Br. The first-order valence-corrected chi connectivity index (χ1v) is 7.41. The Morgan fingerprint density at radius 3 is 2.47 bits per heavy atom. The fourth-order valence-electron chi connectivity index (χ4n) is 2.20. The predicted octanol–water partition coefficient (Wildman–Crippen LogP) is 4.92. The number of hydrogen-bond acceptors (Lipinski definition) is 1. The molecule has 0 saturated carbocycles. The van der Waals surface area contributed by atoms with Crippen molar-refractivity contribution in [1.29, 1.82) is 0 Å². The zero-order valence-electron chi connectivity index (χ0n) is 11.7. The Labute approximate surface area is 124 Å². The van der Waals surface area contributed by atoms with E-state index >= 15 is 0 Å². The van der Waals surface area contributed by atoms with E-state index in [0.29, 0.717) is 6.04 Å². The zero-order chi connectivity index (χ0) is 13.8. The van der Waals surface area contributed by atoms with Crippen LogP contribution in [0.15, 0.2) is 46.9 Å². The van der Waals surface area contributed by atoms with Crippen molar-refractivity contribution in [1.82, 2.24) is 5.32 Å². The van der Waals surface area contributed by atoms with Gasteiger partial charge in [-0.25, -0.2) is 0 Å². The molecular formula is C17H20BrN. The van der Waals surface area contributed by atoms with Crippen molar-refractivity contribution in [3.05, 3.63) is 69.2 Å². The van der Waals surface area contributed by atoms with Crippen molar-refractivity contribution in [2.45, 2.75) is 33.4 Å². The summed E-state index contributed by atoms with van der Waals surface area (Å²) in [6, 6.07) is 15.4. The molecule has 0 saturated heterocycles. The van der Waals surface area contributed by atoms with Crippen molar-refractivity contribution < 1.29 is 0 Å². The van der Waals surface area contributed by atoms with Gasteiger partial charge in [0.05, 0.1) is 0 Å². The van der Waals surface area contributed by atoms with Crippen LogP contribution in [0.3, 0.4) is 0 Å². The summed E-state index contributed by atoms with van der Waals surface area (Å²) in [5.74, 6) is 0. The molecule has 0 aliphatic carbocycles. The van der Waals surface area contributed by atoms with Gasteiger partial charge in [0.2, 0.25) is 0 Å². The van der Waals surface area contributed by atoms with Crippen LogP contribution in [0.1, 0.15) is 35.2 Å². The number of benzene rings is 2. The van der Waals surface area contributed by atoms with Gasteiger partial charge in [-0.2, -0.15) is 0 Å². The maximum absolute atomic E-state index is 3.58. The molecule has 2 aromatic carbocycles. The number of aryl methyl sites for hydroxylation is 2. The maximum Gasteiger partial charge on any atom is 0.0297 e. The first kappa shape index (κ1) is 14.3. The van der Waals surface area contributed by atoms with Gasteiger partial charge in [0.1, 0.15) is 0 Å². The second-order valence-corrected chi connectivity index (χ2v) is 5.90. The first-order valence-electron chi connectivity index (χ1n) is 6.62. The van der Waals surface area contributed by atoms with Gasteiger partial charge in [-0.05, 0) is 49.1 Å². The normalized spacial score (nSPS) is 12.4. The van der Waals surface area contributed by atoms with Crippen LogP contribution in [-0.4, -0.2) is 0 Å².